The van der Waals surface area contributed by atoms with E-state index in [2.05, 4.69) is 13.2 Å². The molecule has 8 nitrogen and oxygen atoms in total. The molecule has 4 atom stereocenters. The zero-order valence-electron chi connectivity index (χ0n) is 27.2. The van der Waals surface area contributed by atoms with Crippen LogP contribution in [0.5, 0.6) is 0 Å². The molecular weight excluding hydrogens is 548 g/mol. The zero-order chi connectivity index (χ0) is 31.8. The van der Waals surface area contributed by atoms with E-state index in [1.54, 1.807) is 13.8 Å². The van der Waals surface area contributed by atoms with Crippen LogP contribution >= 0.6 is 0 Å². The van der Waals surface area contributed by atoms with Crippen molar-refractivity contribution in [1.29, 1.82) is 0 Å². The fourth-order valence-corrected chi connectivity index (χ4v) is 9.31. The molecule has 0 aromatic heterocycles. The topological polar surface area (TPSA) is 105 Å². The van der Waals surface area contributed by atoms with E-state index < -0.39 is 22.0 Å². The molecule has 43 heavy (non-hydrogen) atoms. The summed E-state index contributed by atoms with van der Waals surface area (Å²) in [6, 6.07) is 0. The quantitative estimate of drug-likeness (QED) is 0.114. The summed E-state index contributed by atoms with van der Waals surface area (Å²) < 4.78 is 23.0. The van der Waals surface area contributed by atoms with Crippen LogP contribution in [0.15, 0.2) is 24.3 Å². The van der Waals surface area contributed by atoms with Crippen molar-refractivity contribution in [3.8, 4) is 0 Å². The van der Waals surface area contributed by atoms with Gasteiger partial charge in [0.05, 0.1) is 10.8 Å². The molecule has 4 saturated carbocycles. The Morgan fingerprint density at radius 3 is 1.16 bits per heavy atom. The number of hydrogen-bond acceptors (Lipinski definition) is 8. The molecule has 0 radical (unpaired) electrons. The molecule has 0 spiro atoms. The van der Waals surface area contributed by atoms with Crippen LogP contribution in [0.25, 0.3) is 0 Å². The minimum Gasteiger partial charge on any atom is -0.456 e. The average molecular weight is 601 g/mol. The van der Waals surface area contributed by atoms with Crippen LogP contribution in [0, 0.1) is 34.5 Å². The maximum Gasteiger partial charge on any atom is 0.333 e. The number of rotatable bonds is 10. The van der Waals surface area contributed by atoms with Gasteiger partial charge in [-0.2, -0.15) is 0 Å². The molecule has 4 fully saturated rings. The van der Waals surface area contributed by atoms with Crippen molar-refractivity contribution >= 4 is 23.9 Å². The highest BCUT2D eigenvalue weighted by Gasteiger charge is 2.54. The first-order valence-corrected chi connectivity index (χ1v) is 16.2. The SMILES string of the molecule is C=C(C)C(=O)OC1(C)CC2CC(C1)CC(CC)(C(=O)OCOC(=O)C1(CC)CC3CC(CC(C)(OC(=O)C(=C)C)C3)C1)C2. The van der Waals surface area contributed by atoms with Crippen LogP contribution in [0.3, 0.4) is 0 Å². The smallest absolute Gasteiger partial charge is 0.333 e. The van der Waals surface area contributed by atoms with E-state index in [1.165, 1.54) is 0 Å². The molecule has 0 amide bonds. The molecule has 0 aromatic rings. The molecule has 4 bridgehead atoms. The lowest BCUT2D eigenvalue weighted by Gasteiger charge is -2.51. The molecule has 0 heterocycles. The van der Waals surface area contributed by atoms with E-state index in [4.69, 9.17) is 18.9 Å². The van der Waals surface area contributed by atoms with Crippen molar-refractivity contribution in [2.24, 2.45) is 34.5 Å². The van der Waals surface area contributed by atoms with Gasteiger partial charge in [-0.05, 0) is 128 Å². The number of esters is 4. The molecule has 8 heteroatoms. The summed E-state index contributed by atoms with van der Waals surface area (Å²) in [5.41, 5.74) is -1.59. The highest BCUT2D eigenvalue weighted by atomic mass is 16.7. The molecule has 240 valence electrons. The summed E-state index contributed by atoms with van der Waals surface area (Å²) >= 11 is 0. The standard InChI is InChI=1S/C35H52O8/c1-9-34(17-24-11-25(18-34)14-32(7,13-24)42-28(36)22(3)4)30(38)40-21-41-31(39)35(10-2)19-26-12-27(20-35)16-33(8,15-26)43-29(37)23(5)6/h24-27H,3,5,9-21H2,1-2,4,6-8H3. The lowest BCUT2D eigenvalue weighted by atomic mass is 9.57. The van der Waals surface area contributed by atoms with Gasteiger partial charge in [0.25, 0.3) is 0 Å². The molecular formula is C35H52O8. The second kappa shape index (κ2) is 12.4. The van der Waals surface area contributed by atoms with Gasteiger partial charge in [-0.1, -0.05) is 27.0 Å². The van der Waals surface area contributed by atoms with Gasteiger partial charge in [0, 0.05) is 11.1 Å². The van der Waals surface area contributed by atoms with Gasteiger partial charge >= 0.3 is 23.9 Å². The maximum atomic E-state index is 13.5. The third-order valence-electron chi connectivity index (χ3n) is 10.9. The van der Waals surface area contributed by atoms with E-state index in [-0.39, 0.29) is 54.3 Å². The van der Waals surface area contributed by atoms with Gasteiger partial charge in [-0.15, -0.1) is 0 Å². The van der Waals surface area contributed by atoms with Crippen molar-refractivity contribution in [1.82, 2.24) is 0 Å². The normalized spacial score (nSPS) is 38.3. The Morgan fingerprint density at radius 2 is 0.907 bits per heavy atom. The average Bonchev–Trinajstić information content (AvgIpc) is 2.90. The van der Waals surface area contributed by atoms with Gasteiger partial charge < -0.3 is 18.9 Å². The Kier molecular flexibility index (Phi) is 9.59. The molecule has 4 unspecified atom stereocenters. The van der Waals surface area contributed by atoms with Gasteiger partial charge in [0.1, 0.15) is 11.2 Å². The maximum absolute atomic E-state index is 13.5. The predicted octanol–water partition coefficient (Wildman–Crippen LogP) is 7.00. The van der Waals surface area contributed by atoms with Gasteiger partial charge in [0.15, 0.2) is 0 Å². The Morgan fingerprint density at radius 1 is 0.605 bits per heavy atom. The highest BCUT2D eigenvalue weighted by Crippen LogP contribution is 2.56. The first kappa shape index (κ1) is 33.3. The monoisotopic (exact) mass is 600 g/mol. The zero-order valence-corrected chi connectivity index (χ0v) is 27.2. The minimum absolute atomic E-state index is 0.246. The molecule has 0 saturated heterocycles. The van der Waals surface area contributed by atoms with Crippen LogP contribution in [-0.4, -0.2) is 41.9 Å². The lowest BCUT2D eigenvalue weighted by molar-refractivity contribution is -0.193. The number of ether oxygens (including phenoxy) is 4. The Bertz CT molecular complexity index is 1030. The molecule has 4 rings (SSSR count). The Hall–Kier alpha value is -2.64. The number of hydrogen-bond donors (Lipinski definition) is 0. The summed E-state index contributed by atoms with van der Waals surface area (Å²) in [5.74, 6) is -0.352. The number of carbonyl (C=O) groups is 4. The van der Waals surface area contributed by atoms with E-state index in [1.807, 2.05) is 27.7 Å². The molecule has 0 aromatic carbocycles. The van der Waals surface area contributed by atoms with Crippen molar-refractivity contribution < 1.29 is 38.1 Å². The van der Waals surface area contributed by atoms with Crippen LogP contribution in [0.2, 0.25) is 0 Å². The van der Waals surface area contributed by atoms with Gasteiger partial charge in [0.2, 0.25) is 6.79 Å². The van der Waals surface area contributed by atoms with Crippen LogP contribution in [0.1, 0.15) is 119 Å². The first-order valence-electron chi connectivity index (χ1n) is 16.2. The third-order valence-corrected chi connectivity index (χ3v) is 10.9. The van der Waals surface area contributed by atoms with Crippen LogP contribution in [0.4, 0.5) is 0 Å². The van der Waals surface area contributed by atoms with Gasteiger partial charge in [-0.3, -0.25) is 9.59 Å². The largest absolute Gasteiger partial charge is 0.456 e. The Labute approximate surface area is 257 Å². The molecule has 4 aliphatic carbocycles. The van der Waals surface area contributed by atoms with Crippen molar-refractivity contribution in [2.75, 3.05) is 6.79 Å². The van der Waals surface area contributed by atoms with E-state index in [9.17, 15) is 19.2 Å². The second-order valence-electron chi connectivity index (χ2n) is 15.1. The summed E-state index contributed by atoms with van der Waals surface area (Å²) in [6.45, 7) is 18.4. The summed E-state index contributed by atoms with van der Waals surface area (Å²) in [6.07, 6.45) is 8.82. The van der Waals surface area contributed by atoms with E-state index in [0.717, 1.165) is 12.8 Å². The molecule has 4 aliphatic rings. The Balaban J connectivity index is 1.33. The fourth-order valence-electron chi connectivity index (χ4n) is 9.31. The van der Waals surface area contributed by atoms with Crippen molar-refractivity contribution in [2.45, 2.75) is 130 Å². The lowest BCUT2D eigenvalue weighted by Crippen LogP contribution is -2.50. The predicted molar refractivity (Wildman–Crippen MR) is 161 cm³/mol. The number of fused-ring (bicyclic) bond motifs is 4. The fraction of sp³-hybridized carbons (Fsp3) is 0.771. The van der Waals surface area contributed by atoms with E-state index in [0.29, 0.717) is 75.4 Å². The van der Waals surface area contributed by atoms with Crippen molar-refractivity contribution in [3.05, 3.63) is 24.3 Å². The molecule has 0 N–H and O–H groups in total. The molecule has 0 aliphatic heterocycles. The van der Waals surface area contributed by atoms with E-state index >= 15 is 0 Å². The second-order valence-corrected chi connectivity index (χ2v) is 15.1. The summed E-state index contributed by atoms with van der Waals surface area (Å²) in [5, 5.41) is 0. The van der Waals surface area contributed by atoms with Crippen molar-refractivity contribution in [3.63, 3.8) is 0 Å². The summed E-state index contributed by atoms with van der Waals surface area (Å²) in [7, 11) is 0. The van der Waals surface area contributed by atoms with Crippen LogP contribution < -0.4 is 0 Å². The number of carbonyl (C=O) groups excluding carboxylic acids is 4. The highest BCUT2D eigenvalue weighted by molar-refractivity contribution is 5.87. The first-order chi connectivity index (χ1) is 20.1. The third kappa shape index (κ3) is 7.20. The minimum atomic E-state index is -0.629. The summed E-state index contributed by atoms with van der Waals surface area (Å²) in [4.78, 5) is 51.5. The van der Waals surface area contributed by atoms with Gasteiger partial charge in [-0.25, -0.2) is 9.59 Å². The van der Waals surface area contributed by atoms with Crippen LogP contribution in [-0.2, 0) is 38.1 Å².